The average Bonchev–Trinajstić information content (AvgIpc) is 3.12. The van der Waals surface area contributed by atoms with Crippen molar-refractivity contribution in [2.45, 2.75) is 0 Å². The Morgan fingerprint density at radius 3 is 2.77 bits per heavy atom. The van der Waals surface area contributed by atoms with Crippen molar-refractivity contribution in [1.82, 2.24) is 4.98 Å². The molecule has 0 aliphatic carbocycles. The second-order valence-corrected chi connectivity index (χ2v) is 6.45. The van der Waals surface area contributed by atoms with E-state index in [1.165, 1.54) is 17.4 Å². The van der Waals surface area contributed by atoms with Crippen molar-refractivity contribution in [2.75, 3.05) is 19.6 Å². The Bertz CT molecular complexity index is 943. The Hall–Kier alpha value is -2.77. The lowest BCUT2D eigenvalue weighted by molar-refractivity contribution is 0.395. The number of halogens is 1. The first kappa shape index (κ1) is 18.0. The molecule has 0 unspecified atom stereocenters. The summed E-state index contributed by atoms with van der Waals surface area (Å²) in [6.07, 6.45) is 1.60. The number of rotatable bonds is 6. The van der Waals surface area contributed by atoms with Crippen molar-refractivity contribution < 1.29 is 14.6 Å². The number of phenols is 1. The molecule has 2 N–H and O–H groups in total. The lowest BCUT2D eigenvalue weighted by atomic mass is 10.1. The van der Waals surface area contributed by atoms with Crippen LogP contribution in [0.15, 0.2) is 46.9 Å². The Balaban J connectivity index is 1.74. The number of aromatic nitrogens is 1. The van der Waals surface area contributed by atoms with Crippen molar-refractivity contribution in [1.29, 1.82) is 0 Å². The van der Waals surface area contributed by atoms with E-state index in [0.29, 0.717) is 10.9 Å². The van der Waals surface area contributed by atoms with Crippen molar-refractivity contribution in [3.8, 4) is 28.5 Å². The zero-order valence-electron chi connectivity index (χ0n) is 14.1. The van der Waals surface area contributed by atoms with Gasteiger partial charge in [-0.2, -0.15) is 5.10 Å². The number of hydrogen-bond acceptors (Lipinski definition) is 7. The summed E-state index contributed by atoms with van der Waals surface area (Å²) in [7, 11) is 3.22. The molecule has 0 amide bonds. The summed E-state index contributed by atoms with van der Waals surface area (Å²) in [5, 5.41) is 16.4. The Labute approximate surface area is 159 Å². The van der Waals surface area contributed by atoms with Gasteiger partial charge < -0.3 is 14.6 Å². The highest BCUT2D eigenvalue weighted by Gasteiger charge is 2.11. The maximum Gasteiger partial charge on any atom is 0.203 e. The molecule has 0 bridgehead atoms. The molecule has 0 fully saturated rings. The third kappa shape index (κ3) is 4.07. The van der Waals surface area contributed by atoms with Gasteiger partial charge in [0.25, 0.3) is 0 Å². The minimum Gasteiger partial charge on any atom is -0.506 e. The second kappa shape index (κ2) is 8.07. The molecule has 6 nitrogen and oxygen atoms in total. The van der Waals surface area contributed by atoms with Gasteiger partial charge in [0.2, 0.25) is 5.13 Å². The maximum atomic E-state index is 9.42. The summed E-state index contributed by atoms with van der Waals surface area (Å²) in [4.78, 5) is 4.51. The molecule has 2 aromatic carbocycles. The van der Waals surface area contributed by atoms with Crippen LogP contribution in [0.25, 0.3) is 11.3 Å². The van der Waals surface area contributed by atoms with Crippen molar-refractivity contribution in [3.05, 3.63) is 52.4 Å². The first-order valence-corrected chi connectivity index (χ1v) is 8.82. The monoisotopic (exact) mass is 389 g/mol. The van der Waals surface area contributed by atoms with Gasteiger partial charge >= 0.3 is 0 Å². The molecule has 0 aliphatic rings. The van der Waals surface area contributed by atoms with Gasteiger partial charge in [0, 0.05) is 17.0 Å². The zero-order chi connectivity index (χ0) is 18.5. The number of phenolic OH excluding ortho intramolecular Hbond substituents is 1. The van der Waals surface area contributed by atoms with Crippen molar-refractivity contribution in [2.24, 2.45) is 5.10 Å². The summed E-state index contributed by atoms with van der Waals surface area (Å²) >= 11 is 7.29. The number of hydrazone groups is 1. The molecule has 0 atom stereocenters. The molecule has 1 heterocycles. The summed E-state index contributed by atoms with van der Waals surface area (Å²) < 4.78 is 10.6. The van der Waals surface area contributed by atoms with E-state index in [4.69, 9.17) is 21.1 Å². The van der Waals surface area contributed by atoms with E-state index in [9.17, 15) is 5.11 Å². The lowest BCUT2D eigenvalue weighted by Gasteiger charge is -2.08. The van der Waals surface area contributed by atoms with Crippen molar-refractivity contribution in [3.63, 3.8) is 0 Å². The van der Waals surface area contributed by atoms with E-state index in [1.54, 1.807) is 32.6 Å². The highest BCUT2D eigenvalue weighted by molar-refractivity contribution is 7.14. The molecule has 26 heavy (non-hydrogen) atoms. The van der Waals surface area contributed by atoms with Gasteiger partial charge in [-0.15, -0.1) is 11.3 Å². The fourth-order valence-electron chi connectivity index (χ4n) is 2.22. The first-order chi connectivity index (χ1) is 12.6. The average molecular weight is 390 g/mol. The molecule has 3 aromatic rings. The smallest absolute Gasteiger partial charge is 0.203 e. The van der Waals surface area contributed by atoms with Crippen molar-refractivity contribution >= 4 is 34.3 Å². The summed E-state index contributed by atoms with van der Waals surface area (Å²) in [6.45, 7) is 0. The maximum absolute atomic E-state index is 9.42. The summed E-state index contributed by atoms with van der Waals surface area (Å²) in [6, 6.07) is 10.4. The minimum absolute atomic E-state index is 0.0368. The SMILES string of the molecule is COc1ccc(-c2csc(N/N=C\c3ccc(O)c(Cl)c3)n2)c(OC)c1. The third-order valence-electron chi connectivity index (χ3n) is 3.53. The van der Waals surface area contributed by atoms with E-state index in [1.807, 2.05) is 23.6 Å². The van der Waals surface area contributed by atoms with Gasteiger partial charge in [0.1, 0.15) is 17.2 Å². The fourth-order valence-corrected chi connectivity index (χ4v) is 3.07. The van der Waals surface area contributed by atoms with E-state index < -0.39 is 0 Å². The van der Waals surface area contributed by atoms with Gasteiger partial charge in [-0.25, -0.2) is 4.98 Å². The van der Waals surface area contributed by atoms with Crippen LogP contribution in [-0.4, -0.2) is 30.5 Å². The van der Waals surface area contributed by atoms with E-state index in [0.717, 1.165) is 22.6 Å². The van der Waals surface area contributed by atoms with Crippen LogP contribution in [-0.2, 0) is 0 Å². The van der Waals surface area contributed by atoms with Crippen LogP contribution in [0.5, 0.6) is 17.2 Å². The molecule has 8 heteroatoms. The zero-order valence-corrected chi connectivity index (χ0v) is 15.6. The lowest BCUT2D eigenvalue weighted by Crippen LogP contribution is -1.92. The Kier molecular flexibility index (Phi) is 5.60. The minimum atomic E-state index is 0.0368. The number of anilines is 1. The molecular formula is C18H16ClN3O3S. The number of nitrogens with zero attached hydrogens (tertiary/aromatic N) is 2. The van der Waals surface area contributed by atoms with Gasteiger partial charge in [0.05, 0.1) is 31.2 Å². The molecular weight excluding hydrogens is 374 g/mol. The van der Waals surface area contributed by atoms with E-state index in [2.05, 4.69) is 15.5 Å². The predicted octanol–water partition coefficient (Wildman–Crippen LogP) is 4.63. The van der Waals surface area contributed by atoms with E-state index >= 15 is 0 Å². The first-order valence-electron chi connectivity index (χ1n) is 7.56. The molecule has 0 spiro atoms. The predicted molar refractivity (Wildman–Crippen MR) is 105 cm³/mol. The number of ether oxygens (including phenoxy) is 2. The highest BCUT2D eigenvalue weighted by Crippen LogP contribution is 2.34. The Morgan fingerprint density at radius 2 is 2.04 bits per heavy atom. The molecule has 1 aromatic heterocycles. The normalized spacial score (nSPS) is 10.9. The fraction of sp³-hybridized carbons (Fsp3) is 0.111. The molecule has 0 saturated heterocycles. The molecule has 0 aliphatic heterocycles. The molecule has 0 radical (unpaired) electrons. The summed E-state index contributed by atoms with van der Waals surface area (Å²) in [5.41, 5.74) is 5.29. The number of nitrogens with one attached hydrogen (secondary N) is 1. The van der Waals surface area contributed by atoms with E-state index in [-0.39, 0.29) is 10.8 Å². The van der Waals surface area contributed by atoms with Crippen LogP contribution in [0, 0.1) is 0 Å². The number of benzene rings is 2. The third-order valence-corrected chi connectivity index (χ3v) is 4.58. The van der Waals surface area contributed by atoms with Gasteiger partial charge in [0.15, 0.2) is 0 Å². The Morgan fingerprint density at radius 1 is 1.19 bits per heavy atom. The van der Waals surface area contributed by atoms with Crippen LogP contribution in [0.1, 0.15) is 5.56 Å². The number of hydrogen-bond donors (Lipinski definition) is 2. The quantitative estimate of drug-likeness (QED) is 0.474. The van der Waals surface area contributed by atoms with Crippen LogP contribution in [0.3, 0.4) is 0 Å². The highest BCUT2D eigenvalue weighted by atomic mass is 35.5. The van der Waals surface area contributed by atoms with Crippen LogP contribution in [0.4, 0.5) is 5.13 Å². The van der Waals surface area contributed by atoms with Gasteiger partial charge in [-0.05, 0) is 35.9 Å². The van der Waals surface area contributed by atoms with Crippen LogP contribution in [0.2, 0.25) is 5.02 Å². The number of methoxy groups -OCH3 is 2. The molecule has 0 saturated carbocycles. The topological polar surface area (TPSA) is 76.0 Å². The largest absolute Gasteiger partial charge is 0.506 e. The second-order valence-electron chi connectivity index (χ2n) is 5.18. The number of thiazole rings is 1. The van der Waals surface area contributed by atoms with Crippen LogP contribution >= 0.6 is 22.9 Å². The van der Waals surface area contributed by atoms with Gasteiger partial charge in [-0.1, -0.05) is 11.6 Å². The summed E-state index contributed by atoms with van der Waals surface area (Å²) in [5.74, 6) is 1.44. The number of aromatic hydroxyl groups is 1. The molecule has 3 rings (SSSR count). The molecule has 134 valence electrons. The van der Waals surface area contributed by atoms with Crippen LogP contribution < -0.4 is 14.9 Å². The standard InChI is InChI=1S/C18H16ClN3O3S/c1-24-12-4-5-13(17(8-12)25-2)15-10-26-18(21-15)22-20-9-11-3-6-16(23)14(19)7-11/h3-10,23H,1-2H3,(H,21,22)/b20-9-. The van der Waals surface area contributed by atoms with Gasteiger partial charge in [-0.3, -0.25) is 5.43 Å².